The Morgan fingerprint density at radius 3 is 2.41 bits per heavy atom. The summed E-state index contributed by atoms with van der Waals surface area (Å²) in [6.45, 7) is 9.43. The first-order chi connectivity index (χ1) is 16.4. The van der Waals surface area contributed by atoms with Crippen LogP contribution in [0, 0.1) is 0 Å². The fourth-order valence-electron chi connectivity index (χ4n) is 3.85. The number of carbonyl (C=O) groups is 1. The van der Waals surface area contributed by atoms with Crippen molar-refractivity contribution >= 4 is 17.4 Å². The predicted octanol–water partition coefficient (Wildman–Crippen LogP) is 5.23. The van der Waals surface area contributed by atoms with Gasteiger partial charge >= 0.3 is 5.97 Å². The molecule has 0 saturated carbocycles. The van der Waals surface area contributed by atoms with Crippen molar-refractivity contribution < 1.29 is 24.1 Å². The van der Waals surface area contributed by atoms with E-state index in [2.05, 4.69) is 36.7 Å². The van der Waals surface area contributed by atoms with E-state index in [4.69, 9.17) is 19.3 Å². The van der Waals surface area contributed by atoms with Gasteiger partial charge in [-0.25, -0.2) is 4.79 Å². The molecule has 2 aromatic rings. The summed E-state index contributed by atoms with van der Waals surface area (Å²) < 4.78 is 16.5. The fraction of sp³-hybridized carbons (Fsp3) is 0.370. The lowest BCUT2D eigenvalue weighted by atomic mass is 9.76. The molecular formula is C27H32N2O5. The van der Waals surface area contributed by atoms with Crippen LogP contribution in [-0.4, -0.2) is 49.6 Å². The third-order valence-electron chi connectivity index (χ3n) is 6.16. The van der Waals surface area contributed by atoms with Crippen LogP contribution in [0.25, 0.3) is 0 Å². The van der Waals surface area contributed by atoms with Gasteiger partial charge < -0.3 is 19.3 Å². The Morgan fingerprint density at radius 2 is 1.79 bits per heavy atom. The molecule has 3 rings (SSSR count). The van der Waals surface area contributed by atoms with Gasteiger partial charge in [-0.3, -0.25) is 0 Å². The second-order valence-corrected chi connectivity index (χ2v) is 8.43. The number of hydrogen-bond acceptors (Lipinski definition) is 6. The first-order valence-corrected chi connectivity index (χ1v) is 11.3. The molecule has 1 aliphatic rings. The number of aromatic carboxylic acids is 1. The van der Waals surface area contributed by atoms with Crippen LogP contribution in [0.1, 0.15) is 60.2 Å². The van der Waals surface area contributed by atoms with Crippen molar-refractivity contribution in [1.29, 1.82) is 0 Å². The Labute approximate surface area is 200 Å². The fourth-order valence-corrected chi connectivity index (χ4v) is 3.85. The quantitative estimate of drug-likeness (QED) is 0.249. The molecule has 0 amide bonds. The first kappa shape index (κ1) is 25.3. The highest BCUT2D eigenvalue weighted by molar-refractivity contribution is 6.20. The van der Waals surface area contributed by atoms with Crippen molar-refractivity contribution in [3.63, 3.8) is 0 Å². The molecule has 0 saturated heterocycles. The molecule has 34 heavy (non-hydrogen) atoms. The zero-order valence-corrected chi connectivity index (χ0v) is 20.0. The number of hydrogen-bond donors (Lipinski definition) is 1. The van der Waals surface area contributed by atoms with Crippen LogP contribution < -0.4 is 4.74 Å². The van der Waals surface area contributed by atoms with Crippen LogP contribution in [0.3, 0.4) is 0 Å². The molecule has 1 heterocycles. The van der Waals surface area contributed by atoms with Crippen LogP contribution in [0.2, 0.25) is 0 Å². The predicted molar refractivity (Wildman–Crippen MR) is 133 cm³/mol. The summed E-state index contributed by atoms with van der Waals surface area (Å²) in [5.74, 6) is -0.175. The molecule has 180 valence electrons. The van der Waals surface area contributed by atoms with Gasteiger partial charge in [0.15, 0.2) is 6.79 Å². The lowest BCUT2D eigenvalue weighted by molar-refractivity contribution is -0.00930. The Bertz CT molecular complexity index is 1070. The first-order valence-electron chi connectivity index (χ1n) is 11.3. The maximum absolute atomic E-state index is 11.1. The largest absolute Gasteiger partial charge is 0.478 e. The van der Waals surface area contributed by atoms with E-state index in [1.807, 2.05) is 18.2 Å². The Kier molecular flexibility index (Phi) is 8.73. The van der Waals surface area contributed by atoms with Gasteiger partial charge in [-0.15, -0.1) is 6.58 Å². The normalized spacial score (nSPS) is 14.8. The average Bonchev–Trinajstić information content (AvgIpc) is 3.34. The number of methoxy groups -OCH3 is 1. The van der Waals surface area contributed by atoms with Gasteiger partial charge in [0.1, 0.15) is 5.75 Å². The highest BCUT2D eigenvalue weighted by atomic mass is 16.7. The average molecular weight is 465 g/mol. The van der Waals surface area contributed by atoms with Gasteiger partial charge in [0, 0.05) is 19.1 Å². The molecule has 7 nitrogen and oxygen atoms in total. The second kappa shape index (κ2) is 11.7. The minimum atomic E-state index is -0.950. The van der Waals surface area contributed by atoms with Crippen LogP contribution in [0.4, 0.5) is 0 Å². The maximum Gasteiger partial charge on any atom is 0.335 e. The zero-order valence-electron chi connectivity index (χ0n) is 20.0. The topological polar surface area (TPSA) is 89.7 Å². The number of carboxylic acid groups (broad SMARTS) is 1. The number of nitrogens with zero attached hydrogens (tertiary/aromatic N) is 2. The van der Waals surface area contributed by atoms with Crippen molar-refractivity contribution in [2.24, 2.45) is 10.2 Å². The summed E-state index contributed by atoms with van der Waals surface area (Å²) in [6, 6.07) is 12.8. The molecule has 1 N–H and O–H groups in total. The van der Waals surface area contributed by atoms with E-state index in [9.17, 15) is 4.79 Å². The highest BCUT2D eigenvalue weighted by Crippen LogP contribution is 2.39. The number of rotatable bonds is 13. The van der Waals surface area contributed by atoms with Gasteiger partial charge in [-0.05, 0) is 59.7 Å². The molecule has 7 heteroatoms. The summed E-state index contributed by atoms with van der Waals surface area (Å²) in [7, 11) is 1.63. The molecule has 0 spiro atoms. The van der Waals surface area contributed by atoms with Gasteiger partial charge in [0.2, 0.25) is 0 Å². The monoisotopic (exact) mass is 464 g/mol. The molecule has 2 aromatic carbocycles. The molecule has 1 unspecified atom stereocenters. The molecule has 0 bridgehead atoms. The molecule has 0 aromatic heterocycles. The molecule has 0 fully saturated rings. The van der Waals surface area contributed by atoms with E-state index >= 15 is 0 Å². The van der Waals surface area contributed by atoms with Crippen molar-refractivity contribution in [2.75, 3.05) is 27.1 Å². The Hall–Kier alpha value is -3.29. The van der Waals surface area contributed by atoms with E-state index in [0.717, 1.165) is 46.7 Å². The molecule has 1 atom stereocenters. The van der Waals surface area contributed by atoms with E-state index in [1.165, 1.54) is 0 Å². The van der Waals surface area contributed by atoms with Crippen LogP contribution in [0.5, 0.6) is 5.75 Å². The van der Waals surface area contributed by atoms with Crippen molar-refractivity contribution in [2.45, 2.75) is 38.5 Å². The van der Waals surface area contributed by atoms with Gasteiger partial charge in [-0.2, -0.15) is 10.2 Å². The third-order valence-corrected chi connectivity index (χ3v) is 6.16. The molecule has 1 aliphatic heterocycles. The van der Waals surface area contributed by atoms with E-state index in [-0.39, 0.29) is 17.8 Å². The minimum absolute atomic E-state index is 0.143. The standard InChI is InChI=1S/C27H32N2O5/c1-5-13-27(3,6-2)22-16-21(11-12-25(22)34-18-33-15-14-32-4)24-17-23(28-29-24)19-7-9-20(10-8-19)26(30)31/h5,7-12,16H,1,6,13-15,17-18H2,2-4H3,(H,30,31). The van der Waals surface area contributed by atoms with Crippen LogP contribution in [-0.2, 0) is 14.9 Å². The number of benzene rings is 2. The lowest BCUT2D eigenvalue weighted by Crippen LogP contribution is -2.22. The van der Waals surface area contributed by atoms with Crippen LogP contribution >= 0.6 is 0 Å². The summed E-state index contributed by atoms with van der Waals surface area (Å²) >= 11 is 0. The summed E-state index contributed by atoms with van der Waals surface area (Å²) in [5, 5.41) is 17.9. The Balaban J connectivity index is 1.81. The zero-order chi connectivity index (χ0) is 24.6. The van der Waals surface area contributed by atoms with Gasteiger partial charge in [0.05, 0.1) is 30.2 Å². The maximum atomic E-state index is 11.1. The van der Waals surface area contributed by atoms with Crippen molar-refractivity contribution in [3.8, 4) is 5.75 Å². The van der Waals surface area contributed by atoms with Gasteiger partial charge in [-0.1, -0.05) is 32.1 Å². The number of carboxylic acids is 1. The van der Waals surface area contributed by atoms with Crippen molar-refractivity contribution in [1.82, 2.24) is 0 Å². The van der Waals surface area contributed by atoms with E-state index in [0.29, 0.717) is 19.6 Å². The summed E-state index contributed by atoms with van der Waals surface area (Å²) in [6.07, 6.45) is 4.21. The van der Waals surface area contributed by atoms with Crippen LogP contribution in [0.15, 0.2) is 65.3 Å². The number of ether oxygens (including phenoxy) is 3. The minimum Gasteiger partial charge on any atom is -0.478 e. The Morgan fingerprint density at radius 1 is 1.12 bits per heavy atom. The summed E-state index contributed by atoms with van der Waals surface area (Å²) in [5.41, 5.74) is 4.67. The van der Waals surface area contributed by atoms with Gasteiger partial charge in [0.25, 0.3) is 0 Å². The molecule has 0 radical (unpaired) electrons. The third kappa shape index (κ3) is 5.98. The van der Waals surface area contributed by atoms with Crippen molar-refractivity contribution in [3.05, 3.63) is 77.4 Å². The molecular weight excluding hydrogens is 432 g/mol. The smallest absolute Gasteiger partial charge is 0.335 e. The SMILES string of the molecule is C=CCC(C)(CC)c1cc(C2=NN=C(c3ccc(C(=O)O)cc3)C2)ccc1OCOCCOC. The summed E-state index contributed by atoms with van der Waals surface area (Å²) in [4.78, 5) is 11.1. The lowest BCUT2D eigenvalue weighted by Gasteiger charge is -2.30. The number of allylic oxidation sites excluding steroid dienone is 1. The van der Waals surface area contributed by atoms with E-state index in [1.54, 1.807) is 31.4 Å². The van der Waals surface area contributed by atoms with E-state index < -0.39 is 5.97 Å². The molecule has 0 aliphatic carbocycles. The second-order valence-electron chi connectivity index (χ2n) is 8.43. The highest BCUT2D eigenvalue weighted by Gasteiger charge is 2.28.